The summed E-state index contributed by atoms with van der Waals surface area (Å²) in [5, 5.41) is 12.4. The molecular weight excluding hydrogens is 270 g/mol. The number of rotatable bonds is 6. The second-order valence-electron chi connectivity index (χ2n) is 4.34. The van der Waals surface area contributed by atoms with Crippen molar-refractivity contribution in [3.63, 3.8) is 0 Å². The maximum atomic E-state index is 12.0. The lowest BCUT2D eigenvalue weighted by Gasteiger charge is -2.10. The molecule has 8 heteroatoms. The number of carbonyl (C=O) groups is 1. The van der Waals surface area contributed by atoms with E-state index in [0.29, 0.717) is 12.8 Å². The van der Waals surface area contributed by atoms with Crippen LogP contribution >= 0.6 is 0 Å². The zero-order chi connectivity index (χ0) is 13.9. The molecule has 0 fully saturated rings. The third-order valence-electron chi connectivity index (χ3n) is 2.80. The first kappa shape index (κ1) is 13.8. The molecule has 7 nitrogen and oxygen atoms in total. The summed E-state index contributed by atoms with van der Waals surface area (Å²) in [5.74, 6) is -0.949. The first-order valence-electron chi connectivity index (χ1n) is 5.89. The van der Waals surface area contributed by atoms with E-state index in [1.165, 1.54) is 17.1 Å². The van der Waals surface area contributed by atoms with Crippen LogP contribution < -0.4 is 4.72 Å². The SMILES string of the molecule is O=C(O)CCn1cc(S(=O)(=O)NC2CC=CC2)cn1. The Balaban J connectivity index is 2.01. The lowest BCUT2D eigenvalue weighted by Crippen LogP contribution is -2.32. The van der Waals surface area contributed by atoms with Crippen molar-refractivity contribution in [2.75, 3.05) is 0 Å². The number of nitrogens with one attached hydrogen (secondary N) is 1. The number of carboxylic acid groups (broad SMARTS) is 1. The van der Waals surface area contributed by atoms with Crippen molar-refractivity contribution in [3.8, 4) is 0 Å². The Morgan fingerprint density at radius 3 is 2.79 bits per heavy atom. The summed E-state index contributed by atoms with van der Waals surface area (Å²) in [6.07, 6.45) is 7.72. The molecule has 0 aliphatic heterocycles. The monoisotopic (exact) mass is 285 g/mol. The van der Waals surface area contributed by atoms with Gasteiger partial charge in [-0.25, -0.2) is 13.1 Å². The van der Waals surface area contributed by atoms with Gasteiger partial charge in [-0.05, 0) is 12.8 Å². The predicted octanol–water partition coefficient (Wildman–Crippen LogP) is 0.355. The molecule has 0 spiro atoms. The number of aromatic nitrogens is 2. The smallest absolute Gasteiger partial charge is 0.305 e. The van der Waals surface area contributed by atoms with Crippen LogP contribution in [0.5, 0.6) is 0 Å². The van der Waals surface area contributed by atoms with E-state index in [9.17, 15) is 13.2 Å². The van der Waals surface area contributed by atoms with E-state index in [-0.39, 0.29) is 23.9 Å². The van der Waals surface area contributed by atoms with Crippen molar-refractivity contribution in [1.82, 2.24) is 14.5 Å². The minimum atomic E-state index is -3.58. The summed E-state index contributed by atoms with van der Waals surface area (Å²) < 4.78 is 28.0. The Morgan fingerprint density at radius 2 is 2.16 bits per heavy atom. The molecule has 0 saturated heterocycles. The first-order valence-corrected chi connectivity index (χ1v) is 7.37. The summed E-state index contributed by atoms with van der Waals surface area (Å²) in [6, 6.07) is -0.104. The third-order valence-corrected chi connectivity index (χ3v) is 4.28. The maximum absolute atomic E-state index is 12.0. The standard InChI is InChI=1S/C11H15N3O4S/c15-11(16)5-6-14-8-10(7-12-14)19(17,18)13-9-3-1-2-4-9/h1-2,7-9,13H,3-6H2,(H,15,16). The lowest BCUT2D eigenvalue weighted by molar-refractivity contribution is -0.137. The van der Waals surface area contributed by atoms with E-state index in [1.54, 1.807) is 0 Å². The summed E-state index contributed by atoms with van der Waals surface area (Å²) in [6.45, 7) is 0.149. The number of hydrogen-bond acceptors (Lipinski definition) is 4. The fraction of sp³-hybridized carbons (Fsp3) is 0.455. The molecular formula is C11H15N3O4S. The van der Waals surface area contributed by atoms with Gasteiger partial charge in [-0.3, -0.25) is 9.48 Å². The Hall–Kier alpha value is -1.67. The minimum absolute atomic E-state index is 0.0600. The van der Waals surface area contributed by atoms with Crippen LogP contribution in [0.15, 0.2) is 29.4 Å². The van der Waals surface area contributed by atoms with Gasteiger partial charge in [-0.1, -0.05) is 12.2 Å². The molecule has 0 unspecified atom stereocenters. The molecule has 104 valence electrons. The van der Waals surface area contributed by atoms with Gasteiger partial charge in [0.2, 0.25) is 10.0 Å². The minimum Gasteiger partial charge on any atom is -0.481 e. The summed E-state index contributed by atoms with van der Waals surface area (Å²) in [5.41, 5.74) is 0. The summed E-state index contributed by atoms with van der Waals surface area (Å²) in [7, 11) is -3.58. The van der Waals surface area contributed by atoms with Crippen molar-refractivity contribution >= 4 is 16.0 Å². The van der Waals surface area contributed by atoms with Crippen molar-refractivity contribution in [3.05, 3.63) is 24.5 Å². The van der Waals surface area contributed by atoms with Crippen molar-refractivity contribution in [2.24, 2.45) is 0 Å². The Morgan fingerprint density at radius 1 is 1.47 bits per heavy atom. The van der Waals surface area contributed by atoms with Crippen LogP contribution in [0.4, 0.5) is 0 Å². The molecule has 0 saturated carbocycles. The predicted molar refractivity (Wildman–Crippen MR) is 67.0 cm³/mol. The molecule has 0 bridgehead atoms. The molecule has 0 amide bonds. The van der Waals surface area contributed by atoms with E-state index in [0.717, 1.165) is 0 Å². The van der Waals surface area contributed by atoms with Gasteiger partial charge >= 0.3 is 5.97 Å². The van der Waals surface area contributed by atoms with Gasteiger partial charge in [0.15, 0.2) is 0 Å². The van der Waals surface area contributed by atoms with Gasteiger partial charge < -0.3 is 5.11 Å². The number of hydrogen-bond donors (Lipinski definition) is 2. The van der Waals surface area contributed by atoms with Crippen LogP contribution in [0.1, 0.15) is 19.3 Å². The average molecular weight is 285 g/mol. The average Bonchev–Trinajstić information content (AvgIpc) is 2.96. The molecule has 2 rings (SSSR count). The quantitative estimate of drug-likeness (QED) is 0.735. The largest absolute Gasteiger partial charge is 0.481 e. The van der Waals surface area contributed by atoms with Gasteiger partial charge in [0.25, 0.3) is 0 Å². The molecule has 1 aliphatic carbocycles. The highest BCUT2D eigenvalue weighted by Gasteiger charge is 2.22. The Kier molecular flexibility index (Phi) is 4.01. The van der Waals surface area contributed by atoms with Crippen molar-refractivity contribution < 1.29 is 18.3 Å². The number of aliphatic carboxylic acids is 1. The van der Waals surface area contributed by atoms with Gasteiger partial charge in [0, 0.05) is 12.2 Å². The highest BCUT2D eigenvalue weighted by Crippen LogP contribution is 2.14. The molecule has 1 aliphatic rings. The molecule has 2 N–H and O–H groups in total. The maximum Gasteiger partial charge on any atom is 0.305 e. The zero-order valence-corrected chi connectivity index (χ0v) is 11.0. The van der Waals surface area contributed by atoms with E-state index >= 15 is 0 Å². The molecule has 19 heavy (non-hydrogen) atoms. The Bertz CT molecular complexity index is 583. The molecule has 0 aromatic carbocycles. The highest BCUT2D eigenvalue weighted by atomic mass is 32.2. The van der Waals surface area contributed by atoms with Gasteiger partial charge in [0.1, 0.15) is 4.90 Å². The summed E-state index contributed by atoms with van der Waals surface area (Å²) in [4.78, 5) is 10.5. The molecule has 0 atom stereocenters. The number of nitrogens with zero attached hydrogens (tertiary/aromatic N) is 2. The van der Waals surface area contributed by atoms with Crippen LogP contribution in [0.2, 0.25) is 0 Å². The fourth-order valence-corrected chi connectivity index (χ4v) is 3.03. The topological polar surface area (TPSA) is 101 Å². The molecule has 0 radical (unpaired) electrons. The normalized spacial score (nSPS) is 16.0. The first-order chi connectivity index (χ1) is 8.97. The lowest BCUT2D eigenvalue weighted by atomic mass is 10.3. The molecule has 1 aromatic heterocycles. The van der Waals surface area contributed by atoms with Crippen LogP contribution in [0, 0.1) is 0 Å². The third kappa shape index (κ3) is 3.65. The van der Waals surface area contributed by atoms with Crippen LogP contribution in [-0.4, -0.2) is 35.3 Å². The van der Waals surface area contributed by atoms with Crippen molar-refractivity contribution in [1.29, 1.82) is 0 Å². The zero-order valence-electron chi connectivity index (χ0n) is 10.2. The van der Waals surface area contributed by atoms with Gasteiger partial charge in [-0.15, -0.1) is 0 Å². The second kappa shape index (κ2) is 5.54. The van der Waals surface area contributed by atoms with Crippen LogP contribution in [0.25, 0.3) is 0 Å². The van der Waals surface area contributed by atoms with E-state index < -0.39 is 16.0 Å². The van der Waals surface area contributed by atoms with E-state index in [1.807, 2.05) is 12.2 Å². The fourth-order valence-electron chi connectivity index (χ4n) is 1.82. The van der Waals surface area contributed by atoms with Crippen LogP contribution in [-0.2, 0) is 21.4 Å². The van der Waals surface area contributed by atoms with E-state index in [2.05, 4.69) is 9.82 Å². The van der Waals surface area contributed by atoms with Gasteiger partial charge in [-0.2, -0.15) is 5.10 Å². The van der Waals surface area contributed by atoms with Gasteiger partial charge in [0.05, 0.1) is 19.2 Å². The Labute approximate surface area is 111 Å². The molecule has 1 aromatic rings. The summed E-state index contributed by atoms with van der Waals surface area (Å²) >= 11 is 0. The second-order valence-corrected chi connectivity index (χ2v) is 6.06. The number of aryl methyl sites for hydroxylation is 1. The number of sulfonamides is 1. The highest BCUT2D eigenvalue weighted by molar-refractivity contribution is 7.89. The number of carboxylic acids is 1. The van der Waals surface area contributed by atoms with E-state index in [4.69, 9.17) is 5.11 Å². The van der Waals surface area contributed by atoms with Crippen LogP contribution in [0.3, 0.4) is 0 Å². The molecule has 1 heterocycles. The van der Waals surface area contributed by atoms with Crippen molar-refractivity contribution in [2.45, 2.75) is 36.7 Å².